The van der Waals surface area contributed by atoms with Crippen LogP contribution in [0.1, 0.15) is 31.0 Å². The van der Waals surface area contributed by atoms with Gasteiger partial charge in [-0.15, -0.1) is 0 Å². The Morgan fingerprint density at radius 1 is 1.55 bits per heavy atom. The summed E-state index contributed by atoms with van der Waals surface area (Å²) in [6.45, 7) is 3.48. The zero-order valence-electron chi connectivity index (χ0n) is 12.1. The van der Waals surface area contributed by atoms with Gasteiger partial charge in [-0.1, -0.05) is 0 Å². The van der Waals surface area contributed by atoms with Gasteiger partial charge in [0.05, 0.1) is 17.9 Å². The van der Waals surface area contributed by atoms with E-state index in [0.29, 0.717) is 5.92 Å². The number of pyridine rings is 1. The van der Waals surface area contributed by atoms with Gasteiger partial charge >= 0.3 is 0 Å². The minimum absolute atomic E-state index is 0.160. The predicted molar refractivity (Wildman–Crippen MR) is 76.9 cm³/mol. The number of aliphatic hydroxyl groups excluding tert-OH is 1. The second kappa shape index (κ2) is 7.67. The van der Waals surface area contributed by atoms with Crippen LogP contribution >= 0.6 is 0 Å². The van der Waals surface area contributed by atoms with E-state index in [1.807, 2.05) is 7.05 Å². The van der Waals surface area contributed by atoms with Crippen molar-refractivity contribution in [1.29, 1.82) is 0 Å². The molecule has 1 aromatic heterocycles. The summed E-state index contributed by atoms with van der Waals surface area (Å²) in [5.41, 5.74) is 0.889. The van der Waals surface area contributed by atoms with Crippen LogP contribution < -0.4 is 5.32 Å². The summed E-state index contributed by atoms with van der Waals surface area (Å²) < 4.78 is 12.9. The largest absolute Gasteiger partial charge is 0.396 e. The van der Waals surface area contributed by atoms with Crippen LogP contribution in [-0.4, -0.2) is 48.3 Å². The highest BCUT2D eigenvalue weighted by Gasteiger charge is 2.22. The molecule has 112 valence electrons. The molecular weight excluding hydrogens is 257 g/mol. The standard InChI is InChI=1S/C15H24FN3O/c1-17-14(15-3-2-13(16)10-18-15)5-8-19-7-4-12(11-19)6-9-20/h2-3,10,12,14,17,20H,4-9,11H2,1H3. The molecule has 1 aliphatic rings. The molecule has 1 fully saturated rings. The van der Waals surface area contributed by atoms with Gasteiger partial charge in [-0.3, -0.25) is 4.98 Å². The molecule has 5 heteroatoms. The van der Waals surface area contributed by atoms with E-state index in [2.05, 4.69) is 15.2 Å². The van der Waals surface area contributed by atoms with Crippen LogP contribution in [0.4, 0.5) is 4.39 Å². The molecule has 0 radical (unpaired) electrons. The van der Waals surface area contributed by atoms with E-state index in [0.717, 1.165) is 38.2 Å². The lowest BCUT2D eigenvalue weighted by Crippen LogP contribution is -2.27. The maximum absolute atomic E-state index is 12.9. The van der Waals surface area contributed by atoms with E-state index < -0.39 is 0 Å². The summed E-state index contributed by atoms with van der Waals surface area (Å²) in [7, 11) is 1.91. The van der Waals surface area contributed by atoms with Crippen molar-refractivity contribution in [3.05, 3.63) is 29.8 Å². The number of nitrogens with zero attached hydrogens (tertiary/aromatic N) is 2. The van der Waals surface area contributed by atoms with Gasteiger partial charge in [0.15, 0.2) is 0 Å². The van der Waals surface area contributed by atoms with E-state index in [1.165, 1.54) is 18.7 Å². The van der Waals surface area contributed by atoms with Crippen LogP contribution in [-0.2, 0) is 0 Å². The molecule has 0 spiro atoms. The summed E-state index contributed by atoms with van der Waals surface area (Å²) in [5.74, 6) is 0.340. The number of hydrogen-bond acceptors (Lipinski definition) is 4. The third kappa shape index (κ3) is 4.23. The average molecular weight is 281 g/mol. The summed E-state index contributed by atoms with van der Waals surface area (Å²) in [4.78, 5) is 6.59. The number of nitrogens with one attached hydrogen (secondary N) is 1. The van der Waals surface area contributed by atoms with Crippen molar-refractivity contribution in [2.24, 2.45) is 5.92 Å². The SMILES string of the molecule is CNC(CCN1CCC(CCO)C1)c1ccc(F)cn1. The second-order valence-corrected chi connectivity index (χ2v) is 5.50. The number of halogens is 1. The molecular formula is C15H24FN3O. The van der Waals surface area contributed by atoms with Gasteiger partial charge in [0, 0.05) is 19.7 Å². The zero-order valence-corrected chi connectivity index (χ0v) is 12.1. The lowest BCUT2D eigenvalue weighted by molar-refractivity contribution is 0.248. The maximum atomic E-state index is 12.9. The van der Waals surface area contributed by atoms with Crippen LogP contribution in [0.2, 0.25) is 0 Å². The van der Waals surface area contributed by atoms with E-state index in [4.69, 9.17) is 5.11 Å². The highest BCUT2D eigenvalue weighted by atomic mass is 19.1. The number of hydrogen-bond donors (Lipinski definition) is 2. The lowest BCUT2D eigenvalue weighted by Gasteiger charge is -2.21. The van der Waals surface area contributed by atoms with Crippen molar-refractivity contribution in [3.63, 3.8) is 0 Å². The van der Waals surface area contributed by atoms with E-state index >= 15 is 0 Å². The number of aromatic nitrogens is 1. The highest BCUT2D eigenvalue weighted by molar-refractivity contribution is 5.09. The molecule has 0 amide bonds. The molecule has 1 saturated heterocycles. The second-order valence-electron chi connectivity index (χ2n) is 5.50. The molecule has 20 heavy (non-hydrogen) atoms. The maximum Gasteiger partial charge on any atom is 0.141 e. The van der Waals surface area contributed by atoms with Gasteiger partial charge in [0.1, 0.15) is 5.82 Å². The van der Waals surface area contributed by atoms with Crippen LogP contribution in [0.5, 0.6) is 0 Å². The third-order valence-electron chi connectivity index (χ3n) is 4.10. The van der Waals surface area contributed by atoms with Crippen molar-refractivity contribution in [2.75, 3.05) is 33.3 Å². The summed E-state index contributed by atoms with van der Waals surface area (Å²) >= 11 is 0. The number of likely N-dealkylation sites (tertiary alicyclic amines) is 1. The van der Waals surface area contributed by atoms with Gasteiger partial charge < -0.3 is 15.3 Å². The molecule has 4 nitrogen and oxygen atoms in total. The van der Waals surface area contributed by atoms with Crippen LogP contribution in [0.25, 0.3) is 0 Å². The Hall–Kier alpha value is -1.04. The Balaban J connectivity index is 1.81. The van der Waals surface area contributed by atoms with Gasteiger partial charge in [-0.2, -0.15) is 0 Å². The van der Waals surface area contributed by atoms with Crippen molar-refractivity contribution < 1.29 is 9.50 Å². The minimum Gasteiger partial charge on any atom is -0.396 e. The smallest absolute Gasteiger partial charge is 0.141 e. The number of aliphatic hydroxyl groups is 1. The molecule has 0 aromatic carbocycles. The normalized spacial score (nSPS) is 21.2. The average Bonchev–Trinajstić information content (AvgIpc) is 2.89. The predicted octanol–water partition coefficient (Wildman–Crippen LogP) is 1.58. The lowest BCUT2D eigenvalue weighted by atomic mass is 10.1. The van der Waals surface area contributed by atoms with Crippen LogP contribution in [0.3, 0.4) is 0 Å². The molecule has 0 aliphatic carbocycles. The first kappa shape index (κ1) is 15.4. The van der Waals surface area contributed by atoms with Crippen molar-refractivity contribution in [3.8, 4) is 0 Å². The van der Waals surface area contributed by atoms with Crippen molar-refractivity contribution >= 4 is 0 Å². The first-order valence-electron chi connectivity index (χ1n) is 7.35. The summed E-state index contributed by atoms with van der Waals surface area (Å²) in [6.07, 6.45) is 4.32. The summed E-state index contributed by atoms with van der Waals surface area (Å²) in [6, 6.07) is 3.36. The minimum atomic E-state index is -0.296. The Morgan fingerprint density at radius 3 is 3.05 bits per heavy atom. The Kier molecular flexibility index (Phi) is 5.88. The van der Waals surface area contributed by atoms with Gasteiger partial charge in [0.25, 0.3) is 0 Å². The molecule has 0 saturated carbocycles. The van der Waals surface area contributed by atoms with Gasteiger partial charge in [0.2, 0.25) is 0 Å². The fourth-order valence-electron chi connectivity index (χ4n) is 2.88. The highest BCUT2D eigenvalue weighted by Crippen LogP contribution is 2.21. The molecule has 2 rings (SSSR count). The molecule has 2 heterocycles. The molecule has 2 atom stereocenters. The Morgan fingerprint density at radius 2 is 2.40 bits per heavy atom. The monoisotopic (exact) mass is 281 g/mol. The van der Waals surface area contributed by atoms with E-state index in [-0.39, 0.29) is 18.5 Å². The molecule has 1 aliphatic heterocycles. The Labute approximate surface area is 120 Å². The van der Waals surface area contributed by atoms with Gasteiger partial charge in [-0.05, 0) is 50.9 Å². The van der Waals surface area contributed by atoms with Crippen molar-refractivity contribution in [1.82, 2.24) is 15.2 Å². The third-order valence-corrected chi connectivity index (χ3v) is 4.10. The molecule has 1 aromatic rings. The number of rotatable bonds is 7. The zero-order chi connectivity index (χ0) is 14.4. The molecule has 0 bridgehead atoms. The fraction of sp³-hybridized carbons (Fsp3) is 0.667. The fourth-order valence-corrected chi connectivity index (χ4v) is 2.88. The molecule has 2 N–H and O–H groups in total. The van der Waals surface area contributed by atoms with Gasteiger partial charge in [-0.25, -0.2) is 4.39 Å². The van der Waals surface area contributed by atoms with E-state index in [9.17, 15) is 4.39 Å². The van der Waals surface area contributed by atoms with Crippen LogP contribution in [0, 0.1) is 11.7 Å². The van der Waals surface area contributed by atoms with Crippen LogP contribution in [0.15, 0.2) is 18.3 Å². The Bertz CT molecular complexity index is 399. The first-order chi connectivity index (χ1) is 9.72. The van der Waals surface area contributed by atoms with Crippen molar-refractivity contribution in [2.45, 2.75) is 25.3 Å². The molecule has 2 unspecified atom stereocenters. The topological polar surface area (TPSA) is 48.4 Å². The summed E-state index contributed by atoms with van der Waals surface area (Å²) in [5, 5.41) is 12.2. The first-order valence-corrected chi connectivity index (χ1v) is 7.35. The quantitative estimate of drug-likeness (QED) is 0.796. The van der Waals surface area contributed by atoms with E-state index in [1.54, 1.807) is 6.07 Å².